The maximum atomic E-state index is 12.8. The van der Waals surface area contributed by atoms with Crippen molar-refractivity contribution in [3.8, 4) is 0 Å². The fourth-order valence-electron chi connectivity index (χ4n) is 2.67. The summed E-state index contributed by atoms with van der Waals surface area (Å²) < 4.78 is 0. The number of aliphatic carboxylic acids is 1. The van der Waals surface area contributed by atoms with Gasteiger partial charge in [-0.25, -0.2) is 4.79 Å². The van der Waals surface area contributed by atoms with Crippen molar-refractivity contribution in [2.24, 2.45) is 23.5 Å². The number of carboxylic acids is 1. The average Bonchev–Trinajstić information content (AvgIpc) is 2.67. The first kappa shape index (κ1) is 27.8. The predicted molar refractivity (Wildman–Crippen MR) is 112 cm³/mol. The van der Waals surface area contributed by atoms with Gasteiger partial charge in [0.1, 0.15) is 18.1 Å². The zero-order valence-corrected chi connectivity index (χ0v) is 18.8. The highest BCUT2D eigenvalue weighted by atomic mass is 16.4. The van der Waals surface area contributed by atoms with Crippen LogP contribution in [0.2, 0.25) is 0 Å². The SMILES string of the molecule is CCC(C)C(NC(=O)C(N)C(C)C)C(=O)NC(CO)C(=O)NC(CC(C)C)C(=O)O. The smallest absolute Gasteiger partial charge is 0.326 e. The van der Waals surface area contributed by atoms with Crippen LogP contribution in [-0.4, -0.2) is 64.7 Å². The van der Waals surface area contributed by atoms with Crippen molar-refractivity contribution < 1.29 is 29.4 Å². The summed E-state index contributed by atoms with van der Waals surface area (Å²) in [5.74, 6) is -3.53. The third-order valence-electron chi connectivity index (χ3n) is 4.95. The van der Waals surface area contributed by atoms with Crippen molar-refractivity contribution in [2.75, 3.05) is 6.61 Å². The lowest BCUT2D eigenvalue weighted by molar-refractivity contribution is -0.143. The molecule has 5 unspecified atom stereocenters. The Labute approximate surface area is 178 Å². The molecule has 0 saturated heterocycles. The van der Waals surface area contributed by atoms with E-state index in [1.165, 1.54) is 0 Å². The van der Waals surface area contributed by atoms with Crippen LogP contribution in [0.5, 0.6) is 0 Å². The van der Waals surface area contributed by atoms with Crippen molar-refractivity contribution in [1.82, 2.24) is 16.0 Å². The Morgan fingerprint density at radius 2 is 1.40 bits per heavy atom. The van der Waals surface area contributed by atoms with Crippen LogP contribution in [-0.2, 0) is 19.2 Å². The number of carboxylic acid groups (broad SMARTS) is 1. The van der Waals surface area contributed by atoms with E-state index in [-0.39, 0.29) is 24.2 Å². The molecular formula is C20H38N4O6. The molecule has 0 heterocycles. The van der Waals surface area contributed by atoms with E-state index in [0.717, 1.165) is 0 Å². The molecule has 0 fully saturated rings. The Bertz CT molecular complexity index is 596. The molecule has 3 amide bonds. The Hall–Kier alpha value is -2.20. The van der Waals surface area contributed by atoms with Gasteiger partial charge in [-0.3, -0.25) is 14.4 Å². The van der Waals surface area contributed by atoms with Gasteiger partial charge in [0.05, 0.1) is 12.6 Å². The minimum Gasteiger partial charge on any atom is -0.480 e. The molecular weight excluding hydrogens is 392 g/mol. The molecule has 174 valence electrons. The number of aliphatic hydroxyl groups is 1. The van der Waals surface area contributed by atoms with Gasteiger partial charge >= 0.3 is 5.97 Å². The maximum Gasteiger partial charge on any atom is 0.326 e. The topological polar surface area (TPSA) is 171 Å². The molecule has 10 nitrogen and oxygen atoms in total. The molecule has 0 aromatic rings. The summed E-state index contributed by atoms with van der Waals surface area (Å²) in [5, 5.41) is 26.2. The molecule has 0 aliphatic carbocycles. The molecule has 10 heteroatoms. The van der Waals surface area contributed by atoms with E-state index in [0.29, 0.717) is 6.42 Å². The first-order chi connectivity index (χ1) is 13.8. The minimum absolute atomic E-state index is 0.0173. The van der Waals surface area contributed by atoms with Crippen molar-refractivity contribution >= 4 is 23.7 Å². The molecule has 0 aliphatic rings. The van der Waals surface area contributed by atoms with Gasteiger partial charge in [-0.2, -0.15) is 0 Å². The van der Waals surface area contributed by atoms with Crippen LogP contribution in [0.4, 0.5) is 0 Å². The van der Waals surface area contributed by atoms with Gasteiger partial charge in [0, 0.05) is 0 Å². The van der Waals surface area contributed by atoms with Crippen molar-refractivity contribution in [2.45, 2.75) is 78.6 Å². The molecule has 0 radical (unpaired) electrons. The molecule has 5 atom stereocenters. The van der Waals surface area contributed by atoms with E-state index >= 15 is 0 Å². The second-order valence-corrected chi connectivity index (χ2v) is 8.41. The predicted octanol–water partition coefficient (Wildman–Crippen LogP) is -0.407. The molecule has 30 heavy (non-hydrogen) atoms. The number of nitrogens with two attached hydrogens (primary N) is 1. The molecule has 0 saturated carbocycles. The Morgan fingerprint density at radius 3 is 1.80 bits per heavy atom. The van der Waals surface area contributed by atoms with E-state index in [1.54, 1.807) is 20.8 Å². The van der Waals surface area contributed by atoms with Gasteiger partial charge in [0.15, 0.2) is 0 Å². The Kier molecular flexibility index (Phi) is 12.2. The summed E-state index contributed by atoms with van der Waals surface area (Å²) in [7, 11) is 0. The first-order valence-corrected chi connectivity index (χ1v) is 10.4. The lowest BCUT2D eigenvalue weighted by Crippen LogP contribution is -2.59. The Morgan fingerprint density at radius 1 is 0.867 bits per heavy atom. The first-order valence-electron chi connectivity index (χ1n) is 10.4. The number of hydrogen-bond acceptors (Lipinski definition) is 6. The second-order valence-electron chi connectivity index (χ2n) is 8.41. The second kappa shape index (κ2) is 13.2. The molecule has 0 aliphatic heterocycles. The third-order valence-corrected chi connectivity index (χ3v) is 4.95. The van der Waals surface area contributed by atoms with Crippen LogP contribution >= 0.6 is 0 Å². The molecule has 0 bridgehead atoms. The lowest BCUT2D eigenvalue weighted by atomic mass is 9.96. The van der Waals surface area contributed by atoms with Crippen LogP contribution in [0.25, 0.3) is 0 Å². The normalized spacial score (nSPS) is 16.3. The zero-order valence-electron chi connectivity index (χ0n) is 18.8. The number of amides is 3. The van der Waals surface area contributed by atoms with Crippen molar-refractivity contribution in [3.05, 3.63) is 0 Å². The van der Waals surface area contributed by atoms with Crippen LogP contribution in [0, 0.1) is 17.8 Å². The summed E-state index contributed by atoms with van der Waals surface area (Å²) in [5.41, 5.74) is 5.85. The van der Waals surface area contributed by atoms with Gasteiger partial charge in [0.2, 0.25) is 17.7 Å². The number of hydrogen-bond donors (Lipinski definition) is 6. The summed E-state index contributed by atoms with van der Waals surface area (Å²) in [6.45, 7) is 10.1. The van der Waals surface area contributed by atoms with Crippen LogP contribution in [0.1, 0.15) is 54.4 Å². The van der Waals surface area contributed by atoms with E-state index in [4.69, 9.17) is 5.73 Å². The third kappa shape index (κ3) is 9.08. The average molecular weight is 431 g/mol. The van der Waals surface area contributed by atoms with Crippen molar-refractivity contribution in [3.63, 3.8) is 0 Å². The highest BCUT2D eigenvalue weighted by Gasteiger charge is 2.32. The fraction of sp³-hybridized carbons (Fsp3) is 0.800. The van der Waals surface area contributed by atoms with Gasteiger partial charge < -0.3 is 31.9 Å². The molecule has 0 rings (SSSR count). The zero-order chi connectivity index (χ0) is 23.6. The maximum absolute atomic E-state index is 12.8. The van der Waals surface area contributed by atoms with Crippen LogP contribution in [0.3, 0.4) is 0 Å². The van der Waals surface area contributed by atoms with Gasteiger partial charge in [-0.1, -0.05) is 48.0 Å². The van der Waals surface area contributed by atoms with Gasteiger partial charge in [0.25, 0.3) is 0 Å². The van der Waals surface area contributed by atoms with Gasteiger partial charge in [-0.05, 0) is 24.2 Å². The molecule has 7 N–H and O–H groups in total. The van der Waals surface area contributed by atoms with E-state index in [2.05, 4.69) is 16.0 Å². The molecule has 0 aromatic heterocycles. The number of carbonyl (C=O) groups is 4. The Balaban J connectivity index is 5.30. The van der Waals surface area contributed by atoms with Crippen LogP contribution < -0.4 is 21.7 Å². The number of rotatable bonds is 13. The number of aliphatic hydroxyl groups excluding tert-OH is 1. The number of nitrogens with one attached hydrogen (secondary N) is 3. The summed E-state index contributed by atoms with van der Waals surface area (Å²) in [6.07, 6.45) is 0.770. The molecule has 0 aromatic carbocycles. The summed E-state index contributed by atoms with van der Waals surface area (Å²) in [4.78, 5) is 48.9. The highest BCUT2D eigenvalue weighted by molar-refractivity contribution is 5.94. The molecule has 0 spiro atoms. The van der Waals surface area contributed by atoms with Gasteiger partial charge in [-0.15, -0.1) is 0 Å². The fourth-order valence-corrected chi connectivity index (χ4v) is 2.67. The standard InChI is InChI=1S/C20H38N4O6/c1-7-12(6)16(24-18(27)15(21)11(4)5)19(28)23-14(9-25)17(26)22-13(20(29)30)8-10(2)3/h10-16,25H,7-9,21H2,1-6H3,(H,22,26)(H,23,28)(H,24,27)(H,29,30). The van der Waals surface area contributed by atoms with E-state index in [9.17, 15) is 29.4 Å². The van der Waals surface area contributed by atoms with Crippen LogP contribution in [0.15, 0.2) is 0 Å². The quantitative estimate of drug-likeness (QED) is 0.231. The van der Waals surface area contributed by atoms with E-state index in [1.807, 2.05) is 20.8 Å². The lowest BCUT2D eigenvalue weighted by Gasteiger charge is -2.28. The summed E-state index contributed by atoms with van der Waals surface area (Å²) >= 11 is 0. The monoisotopic (exact) mass is 430 g/mol. The van der Waals surface area contributed by atoms with Crippen molar-refractivity contribution in [1.29, 1.82) is 0 Å². The summed E-state index contributed by atoms with van der Waals surface area (Å²) in [6, 6.07) is -4.25. The largest absolute Gasteiger partial charge is 0.480 e. The number of carbonyl (C=O) groups excluding carboxylic acids is 3. The van der Waals surface area contributed by atoms with E-state index < -0.39 is 54.5 Å². The minimum atomic E-state index is -1.35. The highest BCUT2D eigenvalue weighted by Crippen LogP contribution is 2.10.